The predicted octanol–water partition coefficient (Wildman–Crippen LogP) is 3.17. The van der Waals surface area contributed by atoms with E-state index in [-0.39, 0.29) is 10.6 Å². The zero-order valence-electron chi connectivity index (χ0n) is 10.5. The van der Waals surface area contributed by atoms with Gasteiger partial charge in [0.2, 0.25) is 0 Å². The Morgan fingerprint density at radius 3 is 3.00 bits per heavy atom. The maximum absolute atomic E-state index is 10.9. The summed E-state index contributed by atoms with van der Waals surface area (Å²) in [6.07, 6.45) is 2.69. The van der Waals surface area contributed by atoms with Crippen molar-refractivity contribution >= 4 is 23.3 Å². The van der Waals surface area contributed by atoms with Crippen molar-refractivity contribution in [1.82, 2.24) is 0 Å². The molecule has 1 aromatic carbocycles. The molecule has 0 spiro atoms. The van der Waals surface area contributed by atoms with Gasteiger partial charge in [0.25, 0.3) is 0 Å². The number of carbonyl (C=O) groups is 1. The SMILES string of the molecule is N#CCC1CCCN(c2ccc(C(=O)O)c(Cl)c2)C1. The molecule has 0 saturated carbocycles. The molecule has 1 atom stereocenters. The van der Waals surface area contributed by atoms with Gasteiger partial charge in [-0.3, -0.25) is 0 Å². The number of carboxylic acid groups (broad SMARTS) is 1. The van der Waals surface area contributed by atoms with Gasteiger partial charge in [0.1, 0.15) is 0 Å². The number of piperidine rings is 1. The lowest BCUT2D eigenvalue weighted by atomic mass is 9.95. The Bertz CT molecular complexity index is 525. The van der Waals surface area contributed by atoms with Crippen LogP contribution in [0.25, 0.3) is 0 Å². The van der Waals surface area contributed by atoms with Crippen LogP contribution in [0, 0.1) is 17.2 Å². The predicted molar refractivity (Wildman–Crippen MR) is 73.6 cm³/mol. The van der Waals surface area contributed by atoms with Crippen LogP contribution in [0.15, 0.2) is 18.2 Å². The summed E-state index contributed by atoms with van der Waals surface area (Å²) in [5.41, 5.74) is 1.05. The van der Waals surface area contributed by atoms with Crippen LogP contribution in [0.2, 0.25) is 5.02 Å². The van der Waals surface area contributed by atoms with Gasteiger partial charge < -0.3 is 10.0 Å². The molecule has 0 amide bonds. The van der Waals surface area contributed by atoms with Gasteiger partial charge in [-0.25, -0.2) is 4.79 Å². The monoisotopic (exact) mass is 278 g/mol. The van der Waals surface area contributed by atoms with Gasteiger partial charge in [-0.15, -0.1) is 0 Å². The second kappa shape index (κ2) is 5.94. The van der Waals surface area contributed by atoms with E-state index in [4.69, 9.17) is 22.0 Å². The number of benzene rings is 1. The highest BCUT2D eigenvalue weighted by atomic mass is 35.5. The molecule has 1 unspecified atom stereocenters. The summed E-state index contributed by atoms with van der Waals surface area (Å²) in [6.45, 7) is 1.75. The fourth-order valence-electron chi connectivity index (χ4n) is 2.47. The van der Waals surface area contributed by atoms with E-state index in [1.54, 1.807) is 12.1 Å². The van der Waals surface area contributed by atoms with E-state index >= 15 is 0 Å². The quantitative estimate of drug-likeness (QED) is 0.922. The molecule has 0 bridgehead atoms. The Balaban J connectivity index is 2.16. The molecule has 1 heterocycles. The number of nitriles is 1. The molecule has 1 N–H and O–H groups in total. The zero-order chi connectivity index (χ0) is 13.8. The molecule has 2 rings (SSSR count). The Morgan fingerprint density at radius 2 is 2.37 bits per heavy atom. The lowest BCUT2D eigenvalue weighted by molar-refractivity contribution is 0.0697. The Morgan fingerprint density at radius 1 is 1.58 bits per heavy atom. The van der Waals surface area contributed by atoms with E-state index in [0.29, 0.717) is 12.3 Å². The fourth-order valence-corrected chi connectivity index (χ4v) is 2.73. The number of anilines is 1. The highest BCUT2D eigenvalue weighted by Crippen LogP contribution is 2.28. The lowest BCUT2D eigenvalue weighted by Crippen LogP contribution is -2.35. The second-order valence-corrected chi connectivity index (χ2v) is 5.19. The summed E-state index contributed by atoms with van der Waals surface area (Å²) in [5, 5.41) is 18.0. The highest BCUT2D eigenvalue weighted by molar-refractivity contribution is 6.33. The molecule has 0 aliphatic carbocycles. The maximum atomic E-state index is 10.9. The van der Waals surface area contributed by atoms with Crippen molar-refractivity contribution in [3.05, 3.63) is 28.8 Å². The number of aromatic carboxylic acids is 1. The average molecular weight is 279 g/mol. The number of hydrogen-bond donors (Lipinski definition) is 1. The molecular formula is C14H15ClN2O2. The molecule has 5 heteroatoms. The van der Waals surface area contributed by atoms with Crippen LogP contribution < -0.4 is 4.90 Å². The van der Waals surface area contributed by atoms with Crippen molar-refractivity contribution in [1.29, 1.82) is 5.26 Å². The minimum atomic E-state index is -1.02. The van der Waals surface area contributed by atoms with Crippen molar-refractivity contribution in [3.63, 3.8) is 0 Å². The van der Waals surface area contributed by atoms with E-state index in [9.17, 15) is 4.79 Å². The van der Waals surface area contributed by atoms with Crippen LogP contribution in [-0.4, -0.2) is 24.2 Å². The Hall–Kier alpha value is -1.73. The number of hydrogen-bond acceptors (Lipinski definition) is 3. The number of halogens is 1. The molecule has 1 aliphatic rings. The minimum absolute atomic E-state index is 0.121. The fraction of sp³-hybridized carbons (Fsp3) is 0.429. The van der Waals surface area contributed by atoms with Gasteiger partial charge in [-0.2, -0.15) is 5.26 Å². The minimum Gasteiger partial charge on any atom is -0.478 e. The normalized spacial score (nSPS) is 18.9. The largest absolute Gasteiger partial charge is 0.478 e. The maximum Gasteiger partial charge on any atom is 0.337 e. The van der Waals surface area contributed by atoms with Gasteiger partial charge in [0.05, 0.1) is 16.7 Å². The van der Waals surface area contributed by atoms with E-state index in [0.717, 1.165) is 31.6 Å². The third kappa shape index (κ3) is 3.18. The standard InChI is InChI=1S/C14H15ClN2O2/c15-13-8-11(3-4-12(13)14(18)19)17-7-1-2-10(9-17)5-6-16/h3-4,8,10H,1-2,5,7,9H2,(H,18,19). The third-order valence-electron chi connectivity index (χ3n) is 3.45. The van der Waals surface area contributed by atoms with Gasteiger partial charge in [-0.05, 0) is 37.0 Å². The summed E-state index contributed by atoms with van der Waals surface area (Å²) in [7, 11) is 0. The molecule has 1 aliphatic heterocycles. The topological polar surface area (TPSA) is 64.3 Å². The van der Waals surface area contributed by atoms with Gasteiger partial charge in [0, 0.05) is 25.2 Å². The first-order valence-corrected chi connectivity index (χ1v) is 6.64. The molecule has 1 aromatic rings. The second-order valence-electron chi connectivity index (χ2n) is 4.79. The van der Waals surface area contributed by atoms with Crippen LogP contribution in [-0.2, 0) is 0 Å². The van der Waals surface area contributed by atoms with Crippen LogP contribution in [0.1, 0.15) is 29.6 Å². The molecule has 19 heavy (non-hydrogen) atoms. The van der Waals surface area contributed by atoms with Crippen LogP contribution >= 0.6 is 11.6 Å². The summed E-state index contributed by atoms with van der Waals surface area (Å²) < 4.78 is 0. The summed E-state index contributed by atoms with van der Waals surface area (Å²) in [5.74, 6) is -0.630. The molecule has 1 fully saturated rings. The third-order valence-corrected chi connectivity index (χ3v) is 3.76. The molecule has 4 nitrogen and oxygen atoms in total. The van der Waals surface area contributed by atoms with Crippen LogP contribution in [0.3, 0.4) is 0 Å². The molecular weight excluding hydrogens is 264 g/mol. The Labute approximate surface area is 117 Å². The first kappa shape index (κ1) is 13.7. The smallest absolute Gasteiger partial charge is 0.337 e. The van der Waals surface area contributed by atoms with Crippen molar-refractivity contribution < 1.29 is 9.90 Å². The number of nitrogens with zero attached hydrogens (tertiary/aromatic N) is 2. The lowest BCUT2D eigenvalue weighted by Gasteiger charge is -2.33. The van der Waals surface area contributed by atoms with Crippen molar-refractivity contribution in [3.8, 4) is 6.07 Å². The Kier molecular flexibility index (Phi) is 4.28. The first-order chi connectivity index (χ1) is 9.11. The van der Waals surface area contributed by atoms with E-state index < -0.39 is 5.97 Å². The van der Waals surface area contributed by atoms with Gasteiger partial charge in [0.15, 0.2) is 0 Å². The van der Waals surface area contributed by atoms with Crippen LogP contribution in [0.5, 0.6) is 0 Å². The number of carboxylic acids is 1. The zero-order valence-corrected chi connectivity index (χ0v) is 11.2. The van der Waals surface area contributed by atoms with Gasteiger partial charge >= 0.3 is 5.97 Å². The molecule has 1 saturated heterocycles. The first-order valence-electron chi connectivity index (χ1n) is 6.26. The average Bonchev–Trinajstić information content (AvgIpc) is 2.39. The summed E-state index contributed by atoms with van der Waals surface area (Å²) in [4.78, 5) is 13.1. The van der Waals surface area contributed by atoms with Crippen molar-refractivity contribution in [2.75, 3.05) is 18.0 Å². The number of rotatable bonds is 3. The van der Waals surface area contributed by atoms with Crippen molar-refractivity contribution in [2.24, 2.45) is 5.92 Å². The van der Waals surface area contributed by atoms with Crippen molar-refractivity contribution in [2.45, 2.75) is 19.3 Å². The summed E-state index contributed by atoms with van der Waals surface area (Å²) >= 11 is 5.98. The van der Waals surface area contributed by atoms with Gasteiger partial charge in [-0.1, -0.05) is 11.6 Å². The van der Waals surface area contributed by atoms with Crippen LogP contribution in [0.4, 0.5) is 5.69 Å². The molecule has 0 radical (unpaired) electrons. The van der Waals surface area contributed by atoms with E-state index in [2.05, 4.69) is 11.0 Å². The van der Waals surface area contributed by atoms with E-state index in [1.165, 1.54) is 6.07 Å². The highest BCUT2D eigenvalue weighted by Gasteiger charge is 2.21. The summed E-state index contributed by atoms with van der Waals surface area (Å²) in [6, 6.07) is 7.23. The molecule has 100 valence electrons. The van der Waals surface area contributed by atoms with E-state index in [1.807, 2.05) is 0 Å². The molecule has 0 aromatic heterocycles.